The highest BCUT2D eigenvalue weighted by Gasteiger charge is 2.13. The topological polar surface area (TPSA) is 82.3 Å². The molecule has 0 aliphatic rings. The first-order chi connectivity index (χ1) is 13.5. The molecule has 1 heterocycles. The Balaban J connectivity index is 1.84. The van der Waals surface area contributed by atoms with E-state index in [1.165, 1.54) is 23.9 Å². The fraction of sp³-hybridized carbons (Fsp3) is 0.150. The van der Waals surface area contributed by atoms with Crippen molar-refractivity contribution in [1.82, 2.24) is 9.13 Å². The second kappa shape index (κ2) is 8.58. The predicted molar refractivity (Wildman–Crippen MR) is 107 cm³/mol. The van der Waals surface area contributed by atoms with Crippen LogP contribution >= 0.6 is 11.6 Å². The molecular weight excluding hydrogens is 382 g/mol. The van der Waals surface area contributed by atoms with Crippen LogP contribution in [0.25, 0.3) is 0 Å². The van der Waals surface area contributed by atoms with Gasteiger partial charge in [-0.05, 0) is 23.8 Å². The molecule has 3 rings (SSSR count). The molecule has 28 heavy (non-hydrogen) atoms. The molecule has 1 amide bonds. The largest absolute Gasteiger partial charge is 0.495 e. The summed E-state index contributed by atoms with van der Waals surface area (Å²) in [6.07, 6.45) is 1.39. The number of aromatic nitrogens is 2. The van der Waals surface area contributed by atoms with E-state index in [9.17, 15) is 14.4 Å². The average molecular weight is 400 g/mol. The van der Waals surface area contributed by atoms with E-state index in [0.717, 1.165) is 10.1 Å². The molecular formula is C20H18ClN3O4. The van der Waals surface area contributed by atoms with Crippen molar-refractivity contribution >= 4 is 23.2 Å². The van der Waals surface area contributed by atoms with Crippen LogP contribution < -0.4 is 21.3 Å². The molecule has 1 N–H and O–H groups in total. The van der Waals surface area contributed by atoms with E-state index >= 15 is 0 Å². The van der Waals surface area contributed by atoms with E-state index in [0.29, 0.717) is 16.5 Å². The summed E-state index contributed by atoms with van der Waals surface area (Å²) in [6, 6.07) is 15.2. The highest BCUT2D eigenvalue weighted by atomic mass is 35.5. The summed E-state index contributed by atoms with van der Waals surface area (Å²) in [5.41, 5.74) is 0.0310. The van der Waals surface area contributed by atoms with E-state index in [2.05, 4.69) is 5.32 Å². The second-order valence-electron chi connectivity index (χ2n) is 5.99. The first-order valence-electron chi connectivity index (χ1n) is 8.46. The molecule has 0 unspecified atom stereocenters. The van der Waals surface area contributed by atoms with Crippen LogP contribution in [0.5, 0.6) is 5.75 Å². The summed E-state index contributed by atoms with van der Waals surface area (Å²) in [7, 11) is 1.49. The highest BCUT2D eigenvalue weighted by Crippen LogP contribution is 2.22. The number of para-hydroxylation sites is 2. The van der Waals surface area contributed by atoms with Crippen molar-refractivity contribution in [2.24, 2.45) is 0 Å². The van der Waals surface area contributed by atoms with Gasteiger partial charge in [0.1, 0.15) is 12.3 Å². The van der Waals surface area contributed by atoms with Gasteiger partial charge in [0.15, 0.2) is 0 Å². The fourth-order valence-corrected chi connectivity index (χ4v) is 2.91. The molecule has 0 fully saturated rings. The lowest BCUT2D eigenvalue weighted by Crippen LogP contribution is -2.41. The summed E-state index contributed by atoms with van der Waals surface area (Å²) in [6.45, 7) is -0.230. The SMILES string of the molecule is COc1ccccc1NC(=O)Cn1c(=O)ccn(Cc2ccccc2Cl)c1=O. The molecule has 2 aromatic carbocycles. The number of amides is 1. The number of hydrogen-bond donors (Lipinski definition) is 1. The Morgan fingerprint density at radius 2 is 1.79 bits per heavy atom. The first-order valence-corrected chi connectivity index (χ1v) is 8.84. The molecule has 8 heteroatoms. The summed E-state index contributed by atoms with van der Waals surface area (Å²) in [5, 5.41) is 3.16. The van der Waals surface area contributed by atoms with Crippen LogP contribution in [0, 0.1) is 0 Å². The number of benzene rings is 2. The van der Waals surface area contributed by atoms with Crippen LogP contribution in [0.4, 0.5) is 5.69 Å². The molecule has 3 aromatic rings. The summed E-state index contributed by atoms with van der Waals surface area (Å²) in [4.78, 5) is 37.2. The zero-order chi connectivity index (χ0) is 20.1. The maximum atomic E-state index is 12.7. The number of carbonyl (C=O) groups is 1. The third-order valence-corrected chi connectivity index (χ3v) is 4.49. The monoisotopic (exact) mass is 399 g/mol. The normalized spacial score (nSPS) is 10.5. The zero-order valence-corrected chi connectivity index (χ0v) is 15.8. The molecule has 0 saturated carbocycles. The van der Waals surface area contributed by atoms with Gasteiger partial charge in [0.05, 0.1) is 19.3 Å². The van der Waals surface area contributed by atoms with Crippen LogP contribution in [-0.2, 0) is 17.9 Å². The van der Waals surface area contributed by atoms with Gasteiger partial charge in [-0.2, -0.15) is 0 Å². The Hall–Kier alpha value is -3.32. The number of hydrogen-bond acceptors (Lipinski definition) is 4. The Labute approximate surface area is 165 Å². The lowest BCUT2D eigenvalue weighted by Gasteiger charge is -2.12. The number of ether oxygens (including phenoxy) is 1. The van der Waals surface area contributed by atoms with Crippen LogP contribution in [0.2, 0.25) is 5.02 Å². The van der Waals surface area contributed by atoms with E-state index in [4.69, 9.17) is 16.3 Å². The number of anilines is 1. The summed E-state index contributed by atoms with van der Waals surface area (Å²) in [5.74, 6) is -0.0356. The number of rotatable bonds is 6. The van der Waals surface area contributed by atoms with Crippen molar-refractivity contribution in [1.29, 1.82) is 0 Å². The van der Waals surface area contributed by atoms with Gasteiger partial charge < -0.3 is 10.1 Å². The molecule has 0 bridgehead atoms. The van der Waals surface area contributed by atoms with Gasteiger partial charge in [0, 0.05) is 17.3 Å². The van der Waals surface area contributed by atoms with Gasteiger partial charge in [-0.3, -0.25) is 18.7 Å². The molecule has 0 aliphatic heterocycles. The lowest BCUT2D eigenvalue weighted by molar-refractivity contribution is -0.116. The van der Waals surface area contributed by atoms with Gasteiger partial charge in [-0.25, -0.2) is 4.79 Å². The average Bonchev–Trinajstić information content (AvgIpc) is 2.69. The maximum Gasteiger partial charge on any atom is 0.331 e. The number of halogens is 1. The summed E-state index contributed by atoms with van der Waals surface area (Å²) >= 11 is 6.14. The first kappa shape index (κ1) is 19.4. The molecule has 0 saturated heterocycles. The minimum atomic E-state index is -0.595. The number of nitrogens with zero attached hydrogens (tertiary/aromatic N) is 2. The third kappa shape index (κ3) is 4.32. The van der Waals surface area contributed by atoms with Gasteiger partial charge in [-0.15, -0.1) is 0 Å². The van der Waals surface area contributed by atoms with Crippen LogP contribution in [0.1, 0.15) is 5.56 Å². The smallest absolute Gasteiger partial charge is 0.331 e. The minimum absolute atomic E-state index is 0.187. The molecule has 7 nitrogen and oxygen atoms in total. The third-order valence-electron chi connectivity index (χ3n) is 4.12. The molecule has 0 spiro atoms. The van der Waals surface area contributed by atoms with Crippen molar-refractivity contribution in [2.75, 3.05) is 12.4 Å². The van der Waals surface area contributed by atoms with Crippen LogP contribution in [-0.4, -0.2) is 22.2 Å². The Morgan fingerprint density at radius 3 is 2.54 bits per heavy atom. The number of methoxy groups -OCH3 is 1. The molecule has 144 valence electrons. The fourth-order valence-electron chi connectivity index (χ4n) is 2.71. The minimum Gasteiger partial charge on any atom is -0.495 e. The highest BCUT2D eigenvalue weighted by molar-refractivity contribution is 6.31. The predicted octanol–water partition coefficient (Wildman–Crippen LogP) is 2.36. The second-order valence-corrected chi connectivity index (χ2v) is 6.40. The van der Waals surface area contributed by atoms with Crippen molar-refractivity contribution in [2.45, 2.75) is 13.1 Å². The molecule has 1 aromatic heterocycles. The number of carbonyl (C=O) groups excluding carboxylic acids is 1. The van der Waals surface area contributed by atoms with E-state index in [1.54, 1.807) is 42.5 Å². The van der Waals surface area contributed by atoms with Gasteiger partial charge in [0.2, 0.25) is 5.91 Å². The van der Waals surface area contributed by atoms with Crippen LogP contribution in [0.3, 0.4) is 0 Å². The van der Waals surface area contributed by atoms with Gasteiger partial charge in [-0.1, -0.05) is 41.9 Å². The molecule has 0 atom stereocenters. The lowest BCUT2D eigenvalue weighted by atomic mass is 10.2. The zero-order valence-electron chi connectivity index (χ0n) is 15.1. The van der Waals surface area contributed by atoms with Gasteiger partial charge in [0.25, 0.3) is 5.56 Å². The standard InChI is InChI=1S/C20H18ClN3O4/c1-28-17-9-5-4-8-16(17)22-18(25)13-24-19(26)10-11-23(20(24)27)12-14-6-2-3-7-15(14)21/h2-11H,12-13H2,1H3,(H,22,25). The Bertz CT molecular complexity index is 1120. The van der Waals surface area contributed by atoms with Gasteiger partial charge >= 0.3 is 5.69 Å². The van der Waals surface area contributed by atoms with Crippen molar-refractivity contribution in [3.8, 4) is 5.75 Å². The van der Waals surface area contributed by atoms with E-state index in [-0.39, 0.29) is 6.54 Å². The van der Waals surface area contributed by atoms with Crippen molar-refractivity contribution in [3.05, 3.63) is 92.2 Å². The molecule has 0 radical (unpaired) electrons. The van der Waals surface area contributed by atoms with Crippen LogP contribution in [0.15, 0.2) is 70.4 Å². The van der Waals surface area contributed by atoms with E-state index in [1.807, 2.05) is 6.07 Å². The quantitative estimate of drug-likeness (QED) is 0.689. The maximum absolute atomic E-state index is 12.7. The number of nitrogens with one attached hydrogen (secondary N) is 1. The van der Waals surface area contributed by atoms with Crippen molar-refractivity contribution < 1.29 is 9.53 Å². The summed E-state index contributed by atoms with van der Waals surface area (Å²) < 4.78 is 7.39. The Morgan fingerprint density at radius 1 is 1.07 bits per heavy atom. The van der Waals surface area contributed by atoms with Crippen molar-refractivity contribution in [3.63, 3.8) is 0 Å². The molecule has 0 aliphatic carbocycles. The Kier molecular flexibility index (Phi) is 5.96. The van der Waals surface area contributed by atoms with E-state index < -0.39 is 23.7 Å².